The van der Waals surface area contributed by atoms with Crippen molar-refractivity contribution in [2.45, 2.75) is 81.0 Å². The molecular formula is C31H37FO5S. The van der Waals surface area contributed by atoms with Gasteiger partial charge >= 0.3 is 5.97 Å². The molecule has 0 spiro atoms. The third kappa shape index (κ3) is 9.15. The number of esters is 1. The highest BCUT2D eigenvalue weighted by Crippen LogP contribution is 2.42. The number of aliphatic hydroxyl groups is 2. The number of halogens is 1. The Kier molecular flexibility index (Phi) is 10.4. The fraction of sp³-hybridized carbons (Fsp3) is 0.387. The predicted molar refractivity (Wildman–Crippen MR) is 149 cm³/mol. The van der Waals surface area contributed by atoms with E-state index >= 15 is 0 Å². The maximum Gasteiger partial charge on any atom is 0.308 e. The Labute approximate surface area is 229 Å². The van der Waals surface area contributed by atoms with E-state index in [-0.39, 0.29) is 31.2 Å². The second-order valence-electron chi connectivity index (χ2n) is 10.6. The van der Waals surface area contributed by atoms with Gasteiger partial charge in [0.2, 0.25) is 0 Å². The highest BCUT2D eigenvalue weighted by Gasteiger charge is 2.23. The first-order valence-electron chi connectivity index (χ1n) is 12.8. The van der Waals surface area contributed by atoms with Gasteiger partial charge in [0.15, 0.2) is 0 Å². The van der Waals surface area contributed by atoms with Crippen LogP contribution in [0.5, 0.6) is 5.75 Å². The van der Waals surface area contributed by atoms with E-state index in [1.807, 2.05) is 36.4 Å². The van der Waals surface area contributed by atoms with Crippen LogP contribution < -0.4 is 4.74 Å². The maximum atomic E-state index is 13.7. The molecule has 204 valence electrons. The van der Waals surface area contributed by atoms with Crippen molar-refractivity contribution in [3.63, 3.8) is 0 Å². The van der Waals surface area contributed by atoms with Crippen LogP contribution in [-0.2, 0) is 9.53 Å². The molecule has 0 aliphatic heterocycles. The molecule has 0 saturated carbocycles. The number of hydrogen-bond acceptors (Lipinski definition) is 6. The molecular weight excluding hydrogens is 503 g/mol. The minimum atomic E-state index is -1.06. The third-order valence-corrected chi connectivity index (χ3v) is 6.61. The quantitative estimate of drug-likeness (QED) is 0.255. The molecule has 3 aromatic carbocycles. The lowest BCUT2D eigenvalue weighted by Crippen LogP contribution is -2.29. The summed E-state index contributed by atoms with van der Waals surface area (Å²) in [6, 6.07) is 20.4. The SMILES string of the molecule is CC(C)c1cc(Sc2ccccc2)cc(-c2ccc(F)cc2)c1OC[C@@H](O)C[C@@H](O)CC(=O)OC(C)(C)C. The van der Waals surface area contributed by atoms with E-state index in [1.165, 1.54) is 12.1 Å². The standard InChI is InChI=1S/C31H37FO5S/c1-20(2)27-17-26(38-25-9-7-6-8-10-25)18-28(21-11-13-22(32)14-12-21)30(27)36-19-24(34)15-23(33)16-29(35)37-31(3,4)5/h6-14,17-18,20,23-24,33-34H,15-16,19H2,1-5H3/t23-,24+/m1/s1. The van der Waals surface area contributed by atoms with Crippen LogP contribution >= 0.6 is 11.8 Å². The van der Waals surface area contributed by atoms with E-state index in [9.17, 15) is 19.4 Å². The second kappa shape index (κ2) is 13.3. The smallest absolute Gasteiger partial charge is 0.308 e. The Morgan fingerprint density at radius 2 is 1.61 bits per heavy atom. The van der Waals surface area contributed by atoms with Crippen molar-refractivity contribution in [1.29, 1.82) is 0 Å². The van der Waals surface area contributed by atoms with Crippen molar-refractivity contribution in [1.82, 2.24) is 0 Å². The minimum Gasteiger partial charge on any atom is -0.490 e. The molecule has 0 aliphatic carbocycles. The monoisotopic (exact) mass is 540 g/mol. The minimum absolute atomic E-state index is 0.0376. The molecule has 5 nitrogen and oxygen atoms in total. The zero-order valence-corrected chi connectivity index (χ0v) is 23.4. The number of aliphatic hydroxyl groups excluding tert-OH is 2. The lowest BCUT2D eigenvalue weighted by atomic mass is 9.95. The molecule has 0 aliphatic rings. The molecule has 2 N–H and O–H groups in total. The fourth-order valence-electron chi connectivity index (χ4n) is 3.96. The Morgan fingerprint density at radius 1 is 0.947 bits per heavy atom. The highest BCUT2D eigenvalue weighted by molar-refractivity contribution is 7.99. The van der Waals surface area contributed by atoms with Gasteiger partial charge in [0.05, 0.1) is 18.6 Å². The number of carbonyl (C=O) groups excluding carboxylic acids is 1. The van der Waals surface area contributed by atoms with Gasteiger partial charge in [-0.15, -0.1) is 0 Å². The van der Waals surface area contributed by atoms with Gasteiger partial charge in [-0.1, -0.05) is 55.9 Å². The first-order valence-corrected chi connectivity index (χ1v) is 13.6. The van der Waals surface area contributed by atoms with E-state index < -0.39 is 23.8 Å². The van der Waals surface area contributed by atoms with Crippen LogP contribution in [0.15, 0.2) is 76.5 Å². The number of benzene rings is 3. The lowest BCUT2D eigenvalue weighted by molar-refractivity contribution is -0.157. The average molecular weight is 541 g/mol. The van der Waals surface area contributed by atoms with Gasteiger partial charge in [0.25, 0.3) is 0 Å². The number of carbonyl (C=O) groups is 1. The molecule has 0 radical (unpaired) electrons. The first-order chi connectivity index (χ1) is 17.9. The molecule has 0 aromatic heterocycles. The molecule has 2 atom stereocenters. The van der Waals surface area contributed by atoms with Crippen LogP contribution in [0.4, 0.5) is 4.39 Å². The molecule has 0 bridgehead atoms. The summed E-state index contributed by atoms with van der Waals surface area (Å²) in [5, 5.41) is 20.9. The second-order valence-corrected chi connectivity index (χ2v) is 11.8. The predicted octanol–water partition coefficient (Wildman–Crippen LogP) is 6.99. The van der Waals surface area contributed by atoms with Crippen molar-refractivity contribution in [3.05, 3.63) is 78.1 Å². The Balaban J connectivity index is 1.84. The van der Waals surface area contributed by atoms with Crippen LogP contribution in [0.25, 0.3) is 11.1 Å². The molecule has 7 heteroatoms. The van der Waals surface area contributed by atoms with Crippen LogP contribution in [0.3, 0.4) is 0 Å². The van der Waals surface area contributed by atoms with Crippen molar-refractivity contribution in [2.24, 2.45) is 0 Å². The molecule has 3 aromatic rings. The molecule has 0 unspecified atom stereocenters. The largest absolute Gasteiger partial charge is 0.490 e. The average Bonchev–Trinajstić information content (AvgIpc) is 2.82. The summed E-state index contributed by atoms with van der Waals surface area (Å²) in [5.74, 6) is -0.144. The molecule has 3 rings (SSSR count). The summed E-state index contributed by atoms with van der Waals surface area (Å²) in [6.07, 6.45) is -2.32. The van der Waals surface area contributed by atoms with Gasteiger partial charge in [0.1, 0.15) is 23.8 Å². The summed E-state index contributed by atoms with van der Waals surface area (Å²) < 4.78 is 25.1. The van der Waals surface area contributed by atoms with E-state index in [4.69, 9.17) is 9.47 Å². The maximum absolute atomic E-state index is 13.7. The summed E-state index contributed by atoms with van der Waals surface area (Å²) in [5.41, 5.74) is 1.88. The summed E-state index contributed by atoms with van der Waals surface area (Å²) in [4.78, 5) is 14.1. The number of hydrogen-bond donors (Lipinski definition) is 2. The van der Waals surface area contributed by atoms with Gasteiger partial charge < -0.3 is 19.7 Å². The summed E-state index contributed by atoms with van der Waals surface area (Å²) >= 11 is 1.63. The van der Waals surface area contributed by atoms with Crippen LogP contribution in [0.2, 0.25) is 0 Å². The van der Waals surface area contributed by atoms with Gasteiger partial charge in [-0.25, -0.2) is 4.39 Å². The number of rotatable bonds is 11. The van der Waals surface area contributed by atoms with Crippen molar-refractivity contribution < 1.29 is 28.9 Å². The van der Waals surface area contributed by atoms with Crippen molar-refractivity contribution >= 4 is 17.7 Å². The van der Waals surface area contributed by atoms with E-state index in [1.54, 1.807) is 44.7 Å². The molecule has 0 heterocycles. The van der Waals surface area contributed by atoms with Gasteiger partial charge in [-0.3, -0.25) is 4.79 Å². The fourth-order valence-corrected chi connectivity index (χ4v) is 4.89. The topological polar surface area (TPSA) is 76.0 Å². The van der Waals surface area contributed by atoms with Gasteiger partial charge in [0, 0.05) is 21.8 Å². The van der Waals surface area contributed by atoms with Crippen molar-refractivity contribution in [3.8, 4) is 16.9 Å². The Morgan fingerprint density at radius 3 is 2.21 bits per heavy atom. The van der Waals surface area contributed by atoms with E-state index in [2.05, 4.69) is 19.9 Å². The van der Waals surface area contributed by atoms with Gasteiger partial charge in [-0.05, 0) is 74.2 Å². The van der Waals surface area contributed by atoms with Crippen LogP contribution in [0, 0.1) is 5.82 Å². The molecule has 0 fully saturated rings. The third-order valence-electron chi connectivity index (χ3n) is 5.63. The van der Waals surface area contributed by atoms with Crippen LogP contribution in [-0.4, -0.2) is 40.6 Å². The van der Waals surface area contributed by atoms with Crippen LogP contribution in [0.1, 0.15) is 58.9 Å². The van der Waals surface area contributed by atoms with Crippen molar-refractivity contribution in [2.75, 3.05) is 6.61 Å². The molecule has 0 saturated heterocycles. The first kappa shape index (κ1) is 29.7. The zero-order chi connectivity index (χ0) is 27.9. The zero-order valence-electron chi connectivity index (χ0n) is 22.6. The Bertz CT molecular complexity index is 1190. The lowest BCUT2D eigenvalue weighted by Gasteiger charge is -2.23. The summed E-state index contributed by atoms with van der Waals surface area (Å²) in [7, 11) is 0. The summed E-state index contributed by atoms with van der Waals surface area (Å²) in [6.45, 7) is 9.32. The molecule has 0 amide bonds. The molecule has 38 heavy (non-hydrogen) atoms. The van der Waals surface area contributed by atoms with Gasteiger partial charge in [-0.2, -0.15) is 0 Å². The Hall–Kier alpha value is -2.87. The normalized spacial score (nSPS) is 13.3. The highest BCUT2D eigenvalue weighted by atomic mass is 32.2. The number of ether oxygens (including phenoxy) is 2. The van der Waals surface area contributed by atoms with E-state index in [0.29, 0.717) is 5.75 Å². The van der Waals surface area contributed by atoms with E-state index in [0.717, 1.165) is 26.5 Å².